The molecule has 0 amide bonds. The van der Waals surface area contributed by atoms with Crippen LogP contribution >= 0.6 is 0 Å². The summed E-state index contributed by atoms with van der Waals surface area (Å²) in [6.45, 7) is 10.5. The lowest BCUT2D eigenvalue weighted by Gasteiger charge is -2.03. The van der Waals surface area contributed by atoms with E-state index in [1.807, 2.05) is 6.08 Å². The fraction of sp³-hybridized carbons (Fsp3) is 0.900. The Labute approximate surface area is 257 Å². The molecule has 0 aromatic carbocycles. The first-order valence-electron chi connectivity index (χ1n) is 19.0. The van der Waals surface area contributed by atoms with Gasteiger partial charge in [-0.15, -0.1) is 6.58 Å². The molecule has 0 saturated carbocycles. The standard InChI is InChI=1S/2C20H40/c2*1-3-5-7-9-11-13-15-17-19-20-18-16-14-12-10-8-6-4-2/h3,5H,4,6-20H2,1-2H3;3H,1,4-20H2,2H3. The highest BCUT2D eigenvalue weighted by atomic mass is 14.0. The van der Waals surface area contributed by atoms with Gasteiger partial charge in [0.1, 0.15) is 0 Å². The van der Waals surface area contributed by atoms with Crippen molar-refractivity contribution in [3.8, 4) is 0 Å². The minimum atomic E-state index is 1.21. The molecular weight excluding hydrogens is 480 g/mol. The Morgan fingerprint density at radius 3 is 0.775 bits per heavy atom. The zero-order chi connectivity index (χ0) is 29.5. The van der Waals surface area contributed by atoms with Gasteiger partial charge in [0.25, 0.3) is 0 Å². The average Bonchev–Trinajstić information content (AvgIpc) is 2.97. The molecular formula is C40H80. The maximum atomic E-state index is 3.77. The summed E-state index contributed by atoms with van der Waals surface area (Å²) in [5.74, 6) is 0. The molecule has 0 heteroatoms. The van der Waals surface area contributed by atoms with Crippen molar-refractivity contribution in [1.82, 2.24) is 0 Å². The third kappa shape index (κ3) is 44.5. The Morgan fingerprint density at radius 1 is 0.325 bits per heavy atom. The lowest BCUT2D eigenvalue weighted by Crippen LogP contribution is -1.83. The quantitative estimate of drug-likeness (QED) is 0.0553. The van der Waals surface area contributed by atoms with Crippen molar-refractivity contribution < 1.29 is 0 Å². The Morgan fingerprint density at radius 2 is 0.550 bits per heavy atom. The van der Waals surface area contributed by atoms with E-state index < -0.39 is 0 Å². The van der Waals surface area contributed by atoms with E-state index in [-0.39, 0.29) is 0 Å². The van der Waals surface area contributed by atoms with Gasteiger partial charge in [0, 0.05) is 0 Å². The van der Waals surface area contributed by atoms with E-state index in [0.717, 1.165) is 0 Å². The molecule has 240 valence electrons. The number of unbranched alkanes of at least 4 members (excludes halogenated alkanes) is 31. The maximum absolute atomic E-state index is 3.77. The van der Waals surface area contributed by atoms with Gasteiger partial charge in [-0.25, -0.2) is 0 Å². The van der Waals surface area contributed by atoms with Crippen molar-refractivity contribution in [2.75, 3.05) is 0 Å². The van der Waals surface area contributed by atoms with Crippen LogP contribution < -0.4 is 0 Å². The fourth-order valence-electron chi connectivity index (χ4n) is 5.64. The molecule has 0 unspecified atom stereocenters. The lowest BCUT2D eigenvalue weighted by atomic mass is 10.0. The zero-order valence-corrected chi connectivity index (χ0v) is 28.8. The average molecular weight is 561 g/mol. The van der Waals surface area contributed by atoms with Crippen LogP contribution in [0.3, 0.4) is 0 Å². The highest BCUT2D eigenvalue weighted by molar-refractivity contribution is 4.76. The molecule has 0 radical (unpaired) electrons. The molecule has 0 fully saturated rings. The third-order valence-electron chi connectivity index (χ3n) is 8.47. The van der Waals surface area contributed by atoms with Crippen LogP contribution in [0.15, 0.2) is 24.8 Å². The summed E-state index contributed by atoms with van der Waals surface area (Å²) in [7, 11) is 0. The molecule has 0 aliphatic carbocycles. The summed E-state index contributed by atoms with van der Waals surface area (Å²) in [5, 5.41) is 0. The molecule has 40 heavy (non-hydrogen) atoms. The molecule has 0 aromatic heterocycles. The van der Waals surface area contributed by atoms with Gasteiger partial charge in [0.15, 0.2) is 0 Å². The first kappa shape index (κ1) is 41.6. The summed E-state index contributed by atoms with van der Waals surface area (Å²) in [6.07, 6.45) is 54.0. The summed E-state index contributed by atoms with van der Waals surface area (Å²) in [6, 6.07) is 0. The minimum Gasteiger partial charge on any atom is -0.103 e. The smallest absolute Gasteiger partial charge is 0.0351 e. The number of hydrogen-bond acceptors (Lipinski definition) is 0. The van der Waals surface area contributed by atoms with Gasteiger partial charge in [-0.05, 0) is 32.6 Å². The van der Waals surface area contributed by atoms with Crippen molar-refractivity contribution in [1.29, 1.82) is 0 Å². The van der Waals surface area contributed by atoms with Gasteiger partial charge >= 0.3 is 0 Å². The van der Waals surface area contributed by atoms with E-state index in [4.69, 9.17) is 0 Å². The van der Waals surface area contributed by atoms with Crippen LogP contribution in [0.1, 0.15) is 233 Å². The molecule has 0 aliphatic heterocycles. The van der Waals surface area contributed by atoms with Gasteiger partial charge in [0.2, 0.25) is 0 Å². The van der Waals surface area contributed by atoms with Crippen LogP contribution in [0, 0.1) is 0 Å². The fourth-order valence-corrected chi connectivity index (χ4v) is 5.64. The van der Waals surface area contributed by atoms with E-state index >= 15 is 0 Å². The summed E-state index contributed by atoms with van der Waals surface area (Å²) >= 11 is 0. The van der Waals surface area contributed by atoms with Crippen molar-refractivity contribution >= 4 is 0 Å². The van der Waals surface area contributed by atoms with Crippen LogP contribution in [0.4, 0.5) is 0 Å². The van der Waals surface area contributed by atoms with E-state index in [2.05, 4.69) is 39.5 Å². The molecule has 0 bridgehead atoms. The predicted octanol–water partition coefficient (Wildman–Crippen LogP) is 15.6. The summed E-state index contributed by atoms with van der Waals surface area (Å²) in [4.78, 5) is 0. The summed E-state index contributed by atoms with van der Waals surface area (Å²) < 4.78 is 0. The highest BCUT2D eigenvalue weighted by Crippen LogP contribution is 2.15. The number of hydrogen-bond donors (Lipinski definition) is 0. The SMILES string of the molecule is C=CCCCCCCCCCCCCCCCCCC.CC=CCCCCCCCCCCCCCCCCC. The van der Waals surface area contributed by atoms with Crippen LogP contribution in [-0.4, -0.2) is 0 Å². The van der Waals surface area contributed by atoms with Gasteiger partial charge in [0.05, 0.1) is 0 Å². The molecule has 0 rings (SSSR count). The Balaban J connectivity index is 0. The van der Waals surface area contributed by atoms with Crippen LogP contribution in [0.25, 0.3) is 0 Å². The molecule has 0 aromatic rings. The second-order valence-corrected chi connectivity index (χ2v) is 12.7. The predicted molar refractivity (Wildman–Crippen MR) is 189 cm³/mol. The molecule has 0 saturated heterocycles. The molecule has 0 atom stereocenters. The second kappa shape index (κ2) is 42.9. The largest absolute Gasteiger partial charge is 0.103 e. The number of allylic oxidation sites excluding steroid dienone is 3. The Bertz CT molecular complexity index is 433. The highest BCUT2D eigenvalue weighted by Gasteiger charge is 1.95. The van der Waals surface area contributed by atoms with Crippen molar-refractivity contribution in [3.63, 3.8) is 0 Å². The van der Waals surface area contributed by atoms with Crippen molar-refractivity contribution in [3.05, 3.63) is 24.8 Å². The second-order valence-electron chi connectivity index (χ2n) is 12.7. The third-order valence-corrected chi connectivity index (χ3v) is 8.47. The van der Waals surface area contributed by atoms with E-state index in [1.54, 1.807) is 0 Å². The van der Waals surface area contributed by atoms with Gasteiger partial charge < -0.3 is 0 Å². The molecule has 0 heterocycles. The first-order valence-corrected chi connectivity index (χ1v) is 19.0. The Hall–Kier alpha value is -0.520. The molecule has 0 spiro atoms. The van der Waals surface area contributed by atoms with Crippen molar-refractivity contribution in [2.24, 2.45) is 0 Å². The minimum absolute atomic E-state index is 1.21. The molecule has 0 N–H and O–H groups in total. The van der Waals surface area contributed by atoms with Crippen molar-refractivity contribution in [2.45, 2.75) is 233 Å². The van der Waals surface area contributed by atoms with Gasteiger partial charge in [-0.3, -0.25) is 0 Å². The van der Waals surface area contributed by atoms with Gasteiger partial charge in [-0.1, -0.05) is 218 Å². The maximum Gasteiger partial charge on any atom is -0.0351 e. The molecule has 0 nitrogen and oxygen atoms in total. The summed E-state index contributed by atoms with van der Waals surface area (Å²) in [5.41, 5.74) is 0. The van der Waals surface area contributed by atoms with E-state index in [0.29, 0.717) is 0 Å². The van der Waals surface area contributed by atoms with Crippen LogP contribution in [-0.2, 0) is 0 Å². The van der Waals surface area contributed by atoms with Crippen LogP contribution in [0.5, 0.6) is 0 Å². The zero-order valence-electron chi connectivity index (χ0n) is 28.8. The lowest BCUT2D eigenvalue weighted by molar-refractivity contribution is 0.530. The molecule has 0 aliphatic rings. The van der Waals surface area contributed by atoms with Crippen LogP contribution in [0.2, 0.25) is 0 Å². The van der Waals surface area contributed by atoms with Gasteiger partial charge in [-0.2, -0.15) is 0 Å². The normalized spacial score (nSPS) is 11.2. The monoisotopic (exact) mass is 561 g/mol. The Kier molecular flexibility index (Phi) is 44.7. The first-order chi connectivity index (χ1) is 19.8. The topological polar surface area (TPSA) is 0 Å². The number of rotatable bonds is 33. The van der Waals surface area contributed by atoms with E-state index in [9.17, 15) is 0 Å². The van der Waals surface area contributed by atoms with E-state index in [1.165, 1.54) is 212 Å².